The number of hydrogen-bond acceptors (Lipinski definition) is 4. The van der Waals surface area contributed by atoms with Crippen molar-refractivity contribution >= 4 is 17.5 Å². The molecule has 1 aliphatic heterocycles. The summed E-state index contributed by atoms with van der Waals surface area (Å²) >= 11 is 6.14. The number of hydrogen-bond donors (Lipinski definition) is 1. The van der Waals surface area contributed by atoms with E-state index in [1.54, 1.807) is 13.0 Å². The minimum absolute atomic E-state index is 0.0496. The molecule has 7 heteroatoms. The highest BCUT2D eigenvalue weighted by Crippen LogP contribution is 2.35. The first-order valence-corrected chi connectivity index (χ1v) is 8.87. The fourth-order valence-corrected chi connectivity index (χ4v) is 3.51. The van der Waals surface area contributed by atoms with E-state index in [0.717, 1.165) is 11.3 Å². The van der Waals surface area contributed by atoms with Crippen LogP contribution in [0.25, 0.3) is 11.3 Å². The van der Waals surface area contributed by atoms with Crippen LogP contribution in [0.1, 0.15) is 34.1 Å². The maximum Gasteiger partial charge on any atom is 0.257 e. The fraction of sp³-hybridized carbons (Fsp3) is 0.200. The van der Waals surface area contributed by atoms with Crippen LogP contribution < -0.4 is 10.1 Å². The van der Waals surface area contributed by atoms with E-state index >= 15 is 0 Å². The molecule has 1 amide bonds. The van der Waals surface area contributed by atoms with Crippen molar-refractivity contribution < 1.29 is 18.4 Å². The largest absolute Gasteiger partial charge is 0.493 e. The molecule has 3 aromatic rings. The van der Waals surface area contributed by atoms with E-state index in [2.05, 4.69) is 10.5 Å². The van der Waals surface area contributed by atoms with Crippen molar-refractivity contribution in [2.45, 2.75) is 19.4 Å². The van der Waals surface area contributed by atoms with E-state index in [1.165, 1.54) is 12.1 Å². The van der Waals surface area contributed by atoms with Crippen LogP contribution in [0.5, 0.6) is 5.75 Å². The summed E-state index contributed by atoms with van der Waals surface area (Å²) in [5, 5.41) is 7.02. The Kier molecular flexibility index (Phi) is 4.58. The first-order chi connectivity index (χ1) is 13.1. The van der Waals surface area contributed by atoms with E-state index in [0.29, 0.717) is 18.8 Å². The molecular formula is C20H16ClFN2O3. The molecule has 1 atom stereocenters. The number of aryl methyl sites for hydroxylation is 1. The Morgan fingerprint density at radius 3 is 2.89 bits per heavy atom. The molecular weight excluding hydrogens is 371 g/mol. The molecule has 1 aromatic heterocycles. The summed E-state index contributed by atoms with van der Waals surface area (Å²) in [6.45, 7) is 2.11. The third kappa shape index (κ3) is 3.17. The SMILES string of the molecule is Cc1onc(-c2c(F)cccc2Cl)c1C(=O)NC1CCOc2ccccc21. The number of carbonyl (C=O) groups is 1. The van der Waals surface area contributed by atoms with E-state index in [1.807, 2.05) is 24.3 Å². The molecule has 27 heavy (non-hydrogen) atoms. The summed E-state index contributed by atoms with van der Waals surface area (Å²) in [7, 11) is 0. The second kappa shape index (κ2) is 7.04. The summed E-state index contributed by atoms with van der Waals surface area (Å²) in [5.41, 5.74) is 1.21. The van der Waals surface area contributed by atoms with Gasteiger partial charge in [-0.1, -0.05) is 41.0 Å². The average Bonchev–Trinajstić information content (AvgIpc) is 3.03. The van der Waals surface area contributed by atoms with Gasteiger partial charge in [-0.15, -0.1) is 0 Å². The van der Waals surface area contributed by atoms with Crippen molar-refractivity contribution in [1.82, 2.24) is 10.5 Å². The first-order valence-electron chi connectivity index (χ1n) is 8.49. The number of rotatable bonds is 3. The van der Waals surface area contributed by atoms with Crippen LogP contribution in [0.2, 0.25) is 5.02 Å². The molecule has 0 radical (unpaired) electrons. The summed E-state index contributed by atoms with van der Waals surface area (Å²) in [4.78, 5) is 13.0. The Morgan fingerprint density at radius 1 is 1.26 bits per heavy atom. The molecule has 1 N–H and O–H groups in total. The number of ether oxygens (including phenoxy) is 1. The van der Waals surface area contributed by atoms with Crippen LogP contribution in [0, 0.1) is 12.7 Å². The van der Waals surface area contributed by atoms with Crippen LogP contribution in [-0.2, 0) is 0 Å². The number of halogens is 2. The van der Waals surface area contributed by atoms with Crippen LogP contribution in [0.15, 0.2) is 47.0 Å². The molecule has 0 saturated carbocycles. The molecule has 1 aliphatic rings. The highest BCUT2D eigenvalue weighted by Gasteiger charge is 2.29. The van der Waals surface area contributed by atoms with Gasteiger partial charge in [-0.2, -0.15) is 0 Å². The van der Waals surface area contributed by atoms with Gasteiger partial charge in [-0.05, 0) is 25.1 Å². The molecule has 2 aromatic carbocycles. The van der Waals surface area contributed by atoms with Crippen molar-refractivity contribution in [1.29, 1.82) is 0 Å². The maximum absolute atomic E-state index is 14.3. The van der Waals surface area contributed by atoms with Gasteiger partial charge in [-0.3, -0.25) is 4.79 Å². The number of nitrogens with zero attached hydrogens (tertiary/aromatic N) is 1. The highest BCUT2D eigenvalue weighted by molar-refractivity contribution is 6.33. The molecule has 0 spiro atoms. The van der Waals surface area contributed by atoms with Crippen LogP contribution in [0.3, 0.4) is 0 Å². The molecule has 0 saturated heterocycles. The summed E-state index contributed by atoms with van der Waals surface area (Å²) < 4.78 is 25.1. The summed E-state index contributed by atoms with van der Waals surface area (Å²) in [6, 6.07) is 11.6. The summed E-state index contributed by atoms with van der Waals surface area (Å²) in [5.74, 6) is 0.0710. The summed E-state index contributed by atoms with van der Waals surface area (Å²) in [6.07, 6.45) is 0.628. The lowest BCUT2D eigenvalue weighted by Gasteiger charge is -2.26. The zero-order valence-corrected chi connectivity index (χ0v) is 15.2. The number of benzene rings is 2. The lowest BCUT2D eigenvalue weighted by molar-refractivity contribution is 0.0924. The Morgan fingerprint density at radius 2 is 2.07 bits per heavy atom. The number of fused-ring (bicyclic) bond motifs is 1. The van der Waals surface area contributed by atoms with Gasteiger partial charge < -0.3 is 14.6 Å². The smallest absolute Gasteiger partial charge is 0.257 e. The molecule has 0 aliphatic carbocycles. The number of aromatic nitrogens is 1. The molecule has 4 rings (SSSR count). The van der Waals surface area contributed by atoms with Gasteiger partial charge >= 0.3 is 0 Å². The Balaban J connectivity index is 1.70. The number of amides is 1. The van der Waals surface area contributed by atoms with Crippen LogP contribution in [0.4, 0.5) is 4.39 Å². The topological polar surface area (TPSA) is 64.4 Å². The second-order valence-corrected chi connectivity index (χ2v) is 6.67. The maximum atomic E-state index is 14.3. The van der Waals surface area contributed by atoms with Crippen LogP contribution >= 0.6 is 11.6 Å². The molecule has 0 bridgehead atoms. The van der Waals surface area contributed by atoms with Crippen molar-refractivity contribution in [2.24, 2.45) is 0 Å². The third-order valence-electron chi connectivity index (χ3n) is 4.55. The fourth-order valence-electron chi connectivity index (χ4n) is 3.26. The van der Waals surface area contributed by atoms with Gasteiger partial charge in [0, 0.05) is 12.0 Å². The zero-order chi connectivity index (χ0) is 19.0. The Bertz CT molecular complexity index is 998. The van der Waals surface area contributed by atoms with Gasteiger partial charge in [0.15, 0.2) is 0 Å². The monoisotopic (exact) mass is 386 g/mol. The van der Waals surface area contributed by atoms with Gasteiger partial charge in [-0.25, -0.2) is 4.39 Å². The third-order valence-corrected chi connectivity index (χ3v) is 4.87. The lowest BCUT2D eigenvalue weighted by Crippen LogP contribution is -2.32. The van der Waals surface area contributed by atoms with Crippen LogP contribution in [-0.4, -0.2) is 17.7 Å². The molecule has 0 fully saturated rings. The van der Waals surface area contributed by atoms with E-state index in [4.69, 9.17) is 20.9 Å². The quantitative estimate of drug-likeness (QED) is 0.708. The molecule has 2 heterocycles. The predicted octanol–water partition coefficient (Wildman–Crippen LogP) is 4.70. The predicted molar refractivity (Wildman–Crippen MR) is 98.4 cm³/mol. The number of carbonyl (C=O) groups excluding carboxylic acids is 1. The van der Waals surface area contributed by atoms with Gasteiger partial charge in [0.25, 0.3) is 5.91 Å². The van der Waals surface area contributed by atoms with Gasteiger partial charge in [0.2, 0.25) is 0 Å². The normalized spacial score (nSPS) is 15.7. The minimum Gasteiger partial charge on any atom is -0.493 e. The lowest BCUT2D eigenvalue weighted by atomic mass is 9.99. The van der Waals surface area contributed by atoms with Crippen molar-refractivity contribution in [3.05, 3.63) is 70.2 Å². The zero-order valence-electron chi connectivity index (χ0n) is 14.5. The van der Waals surface area contributed by atoms with E-state index in [-0.39, 0.29) is 27.9 Å². The molecule has 5 nitrogen and oxygen atoms in total. The average molecular weight is 387 g/mol. The van der Waals surface area contributed by atoms with Crippen molar-refractivity contribution in [3.63, 3.8) is 0 Å². The van der Waals surface area contributed by atoms with Crippen molar-refractivity contribution in [3.8, 4) is 17.0 Å². The standard InChI is InChI=1S/C20H16ClFN2O3/c1-11-17(19(24-27-11)18-13(21)6-4-7-14(18)22)20(25)23-15-9-10-26-16-8-3-2-5-12(15)16/h2-8,15H,9-10H2,1H3,(H,23,25). The number of nitrogens with one attached hydrogen (secondary N) is 1. The van der Waals surface area contributed by atoms with Gasteiger partial charge in [0.05, 0.1) is 23.2 Å². The highest BCUT2D eigenvalue weighted by atomic mass is 35.5. The van der Waals surface area contributed by atoms with Crippen molar-refractivity contribution in [2.75, 3.05) is 6.61 Å². The molecule has 138 valence electrons. The first kappa shape index (κ1) is 17.5. The van der Waals surface area contributed by atoms with E-state index < -0.39 is 11.7 Å². The Labute approximate surface area is 160 Å². The molecule has 1 unspecified atom stereocenters. The van der Waals surface area contributed by atoms with E-state index in [9.17, 15) is 9.18 Å². The van der Waals surface area contributed by atoms with Gasteiger partial charge in [0.1, 0.15) is 28.6 Å². The second-order valence-electron chi connectivity index (χ2n) is 6.26. The Hall–Kier alpha value is -2.86. The minimum atomic E-state index is -0.568. The number of para-hydroxylation sites is 1.